The van der Waals surface area contributed by atoms with Crippen molar-refractivity contribution in [2.24, 2.45) is 0 Å². The molecule has 140 valence electrons. The van der Waals surface area contributed by atoms with E-state index in [1.807, 2.05) is 0 Å². The van der Waals surface area contributed by atoms with Crippen LogP contribution < -0.4 is 9.47 Å². The minimum atomic E-state index is -0.0623. The van der Waals surface area contributed by atoms with Gasteiger partial charge in [-0.05, 0) is 90.3 Å². The third-order valence-electron chi connectivity index (χ3n) is 5.53. The average Bonchev–Trinajstić information content (AvgIpc) is 2.55. The van der Waals surface area contributed by atoms with Crippen molar-refractivity contribution in [3.05, 3.63) is 33.9 Å². The SMILES string of the molecule is CCCCOc1c(C)c(C)c2c(c1C)CC[C@](C)(CCC=C(C)C)O2. The van der Waals surface area contributed by atoms with Crippen LogP contribution in [-0.4, -0.2) is 12.2 Å². The Labute approximate surface area is 154 Å². The van der Waals surface area contributed by atoms with E-state index < -0.39 is 0 Å². The van der Waals surface area contributed by atoms with E-state index in [4.69, 9.17) is 9.47 Å². The highest BCUT2D eigenvalue weighted by molar-refractivity contribution is 5.59. The molecule has 0 saturated carbocycles. The van der Waals surface area contributed by atoms with Crippen molar-refractivity contribution in [2.45, 2.75) is 92.6 Å². The molecule has 0 bridgehead atoms. The molecule has 0 unspecified atom stereocenters. The van der Waals surface area contributed by atoms with Crippen molar-refractivity contribution < 1.29 is 9.47 Å². The zero-order chi connectivity index (χ0) is 18.6. The molecule has 1 aliphatic heterocycles. The first-order valence-corrected chi connectivity index (χ1v) is 9.87. The molecule has 1 aromatic rings. The van der Waals surface area contributed by atoms with E-state index in [1.54, 1.807) is 0 Å². The number of hydrogen-bond acceptors (Lipinski definition) is 2. The lowest BCUT2D eigenvalue weighted by atomic mass is 9.85. The zero-order valence-electron chi connectivity index (χ0n) is 17.3. The number of hydrogen-bond donors (Lipinski definition) is 0. The Hall–Kier alpha value is -1.44. The largest absolute Gasteiger partial charge is 0.493 e. The molecule has 0 fully saturated rings. The molecule has 0 spiro atoms. The van der Waals surface area contributed by atoms with Crippen LogP contribution >= 0.6 is 0 Å². The number of benzene rings is 1. The summed E-state index contributed by atoms with van der Waals surface area (Å²) in [5.74, 6) is 2.20. The highest BCUT2D eigenvalue weighted by Gasteiger charge is 2.34. The fourth-order valence-electron chi connectivity index (χ4n) is 3.66. The van der Waals surface area contributed by atoms with Crippen molar-refractivity contribution in [1.82, 2.24) is 0 Å². The van der Waals surface area contributed by atoms with E-state index in [-0.39, 0.29) is 5.60 Å². The summed E-state index contributed by atoms with van der Waals surface area (Å²) in [6, 6.07) is 0. The highest BCUT2D eigenvalue weighted by Crippen LogP contribution is 2.44. The zero-order valence-corrected chi connectivity index (χ0v) is 17.3. The fourth-order valence-corrected chi connectivity index (χ4v) is 3.66. The quantitative estimate of drug-likeness (QED) is 0.409. The molecule has 25 heavy (non-hydrogen) atoms. The summed E-state index contributed by atoms with van der Waals surface area (Å²) < 4.78 is 12.7. The molecule has 1 atom stereocenters. The van der Waals surface area contributed by atoms with Crippen LogP contribution in [0.2, 0.25) is 0 Å². The minimum Gasteiger partial charge on any atom is -0.493 e. The molecule has 0 radical (unpaired) electrons. The van der Waals surface area contributed by atoms with E-state index >= 15 is 0 Å². The van der Waals surface area contributed by atoms with Crippen LogP contribution in [0.5, 0.6) is 11.5 Å². The molecule has 2 rings (SSSR count). The van der Waals surface area contributed by atoms with Gasteiger partial charge in [0.1, 0.15) is 17.1 Å². The number of rotatable bonds is 7. The van der Waals surface area contributed by atoms with Crippen LogP contribution in [-0.2, 0) is 6.42 Å². The van der Waals surface area contributed by atoms with Crippen molar-refractivity contribution in [3.63, 3.8) is 0 Å². The summed E-state index contributed by atoms with van der Waals surface area (Å²) in [5, 5.41) is 0. The van der Waals surface area contributed by atoms with Crippen molar-refractivity contribution in [3.8, 4) is 11.5 Å². The van der Waals surface area contributed by atoms with E-state index in [2.05, 4.69) is 54.5 Å². The molecule has 0 N–H and O–H groups in total. The van der Waals surface area contributed by atoms with Crippen LogP contribution in [0.4, 0.5) is 0 Å². The lowest BCUT2D eigenvalue weighted by molar-refractivity contribution is 0.0558. The first kappa shape index (κ1) is 19.9. The predicted octanol–water partition coefficient (Wildman–Crippen LogP) is 6.62. The molecule has 2 heteroatoms. The average molecular weight is 345 g/mol. The second-order valence-corrected chi connectivity index (χ2v) is 8.09. The maximum atomic E-state index is 6.59. The smallest absolute Gasteiger partial charge is 0.127 e. The fraction of sp³-hybridized carbons (Fsp3) is 0.652. The molecule has 0 aliphatic carbocycles. The normalized spacial score (nSPS) is 19.2. The second-order valence-electron chi connectivity index (χ2n) is 8.09. The van der Waals surface area contributed by atoms with Gasteiger partial charge in [-0.25, -0.2) is 0 Å². The molecule has 2 nitrogen and oxygen atoms in total. The number of fused-ring (bicyclic) bond motifs is 1. The molecule has 0 saturated heterocycles. The first-order chi connectivity index (χ1) is 11.8. The second kappa shape index (κ2) is 8.29. The van der Waals surface area contributed by atoms with Gasteiger partial charge in [0.15, 0.2) is 0 Å². The van der Waals surface area contributed by atoms with Crippen molar-refractivity contribution in [1.29, 1.82) is 0 Å². The summed E-state index contributed by atoms with van der Waals surface area (Å²) in [4.78, 5) is 0. The predicted molar refractivity (Wildman–Crippen MR) is 107 cm³/mol. The Morgan fingerprint density at radius 2 is 1.88 bits per heavy atom. The Balaban J connectivity index is 2.26. The van der Waals surface area contributed by atoms with Crippen LogP contribution in [0.15, 0.2) is 11.6 Å². The molecular formula is C23H36O2. The van der Waals surface area contributed by atoms with Gasteiger partial charge in [-0.15, -0.1) is 0 Å². The van der Waals surface area contributed by atoms with Gasteiger partial charge in [-0.3, -0.25) is 0 Å². The summed E-state index contributed by atoms with van der Waals surface area (Å²) in [6.07, 6.45) is 8.90. The monoisotopic (exact) mass is 344 g/mol. The van der Waals surface area contributed by atoms with E-state index in [1.165, 1.54) is 27.8 Å². The number of unbranched alkanes of at least 4 members (excludes halogenated alkanes) is 1. The van der Waals surface area contributed by atoms with Gasteiger partial charge in [0.2, 0.25) is 0 Å². The molecule has 1 aromatic carbocycles. The van der Waals surface area contributed by atoms with E-state index in [0.717, 1.165) is 56.6 Å². The molecule has 0 amide bonds. The van der Waals surface area contributed by atoms with Crippen molar-refractivity contribution in [2.75, 3.05) is 6.61 Å². The van der Waals surface area contributed by atoms with E-state index in [9.17, 15) is 0 Å². The van der Waals surface area contributed by atoms with Gasteiger partial charge >= 0.3 is 0 Å². The van der Waals surface area contributed by atoms with Gasteiger partial charge < -0.3 is 9.47 Å². The Morgan fingerprint density at radius 1 is 1.16 bits per heavy atom. The van der Waals surface area contributed by atoms with Crippen LogP contribution in [0.1, 0.15) is 82.1 Å². The van der Waals surface area contributed by atoms with Gasteiger partial charge in [0, 0.05) is 5.56 Å². The Morgan fingerprint density at radius 3 is 2.52 bits per heavy atom. The third-order valence-corrected chi connectivity index (χ3v) is 5.53. The van der Waals surface area contributed by atoms with Crippen LogP contribution in [0.3, 0.4) is 0 Å². The summed E-state index contributed by atoms with van der Waals surface area (Å²) >= 11 is 0. The summed E-state index contributed by atoms with van der Waals surface area (Å²) in [6.45, 7) is 16.1. The van der Waals surface area contributed by atoms with Gasteiger partial charge in [0.05, 0.1) is 6.61 Å². The van der Waals surface area contributed by atoms with Gasteiger partial charge in [-0.1, -0.05) is 25.0 Å². The standard InChI is InChI=1S/C23H36O2/c1-8-9-15-24-21-17(4)18(5)22-20(19(21)6)12-14-23(7,25-22)13-10-11-16(2)3/h11H,8-10,12-15H2,1-7H3/t23-/m0/s1. The van der Waals surface area contributed by atoms with Crippen LogP contribution in [0, 0.1) is 20.8 Å². The molecular weight excluding hydrogens is 308 g/mol. The number of allylic oxidation sites excluding steroid dienone is 2. The van der Waals surface area contributed by atoms with Gasteiger partial charge in [0.25, 0.3) is 0 Å². The Bertz CT molecular complexity index is 638. The molecule has 0 aromatic heterocycles. The third kappa shape index (κ3) is 4.59. The lowest BCUT2D eigenvalue weighted by Gasteiger charge is -2.38. The maximum Gasteiger partial charge on any atom is 0.127 e. The van der Waals surface area contributed by atoms with Gasteiger partial charge in [-0.2, -0.15) is 0 Å². The topological polar surface area (TPSA) is 18.5 Å². The molecule has 1 aliphatic rings. The van der Waals surface area contributed by atoms with E-state index in [0.29, 0.717) is 0 Å². The highest BCUT2D eigenvalue weighted by atomic mass is 16.5. The minimum absolute atomic E-state index is 0.0623. The van der Waals surface area contributed by atoms with Crippen LogP contribution in [0.25, 0.3) is 0 Å². The molecule has 1 heterocycles. The summed E-state index contributed by atoms with van der Waals surface area (Å²) in [5.41, 5.74) is 6.44. The Kier molecular flexibility index (Phi) is 6.59. The lowest BCUT2D eigenvalue weighted by Crippen LogP contribution is -2.37. The first-order valence-electron chi connectivity index (χ1n) is 9.87. The maximum absolute atomic E-state index is 6.59. The van der Waals surface area contributed by atoms with Crippen molar-refractivity contribution >= 4 is 0 Å². The number of ether oxygens (including phenoxy) is 2. The summed E-state index contributed by atoms with van der Waals surface area (Å²) in [7, 11) is 0.